The van der Waals surface area contributed by atoms with Gasteiger partial charge in [0.15, 0.2) is 11.2 Å². The first-order valence-corrected chi connectivity index (χ1v) is 32.6. The molecule has 5 aromatic carbocycles. The van der Waals surface area contributed by atoms with Gasteiger partial charge in [-0.3, -0.25) is 48.1 Å². The molecule has 5 unspecified atom stereocenters. The summed E-state index contributed by atoms with van der Waals surface area (Å²) >= 11 is 0. The van der Waals surface area contributed by atoms with Crippen LogP contribution in [0.5, 0.6) is 5.75 Å². The number of nitrogens with zero attached hydrogens (tertiary/aromatic N) is 4. The topological polar surface area (TPSA) is 494 Å². The summed E-state index contributed by atoms with van der Waals surface area (Å²) < 4.78 is 0. The number of benzene rings is 5. The molecule has 502 valence electrons. The smallest absolute Gasteiger partial charge is 0.327 e. The first kappa shape index (κ1) is 68.3. The van der Waals surface area contributed by atoms with E-state index in [1.807, 2.05) is 24.3 Å². The zero-order valence-corrected chi connectivity index (χ0v) is 53.0. The molecular formula is C64H64N16O15S2. The van der Waals surface area contributed by atoms with E-state index in [4.69, 9.17) is 11.5 Å². The number of aromatic hydroxyl groups is 1. The number of aromatic amines is 3. The summed E-state index contributed by atoms with van der Waals surface area (Å²) in [5, 5.41) is 60.9. The molecule has 0 bridgehead atoms. The van der Waals surface area contributed by atoms with Crippen LogP contribution in [0.4, 0.5) is 28.7 Å². The van der Waals surface area contributed by atoms with Crippen LogP contribution in [0.2, 0.25) is 0 Å². The van der Waals surface area contributed by atoms with E-state index < -0.39 is 103 Å². The summed E-state index contributed by atoms with van der Waals surface area (Å²) in [6.07, 6.45) is 0.352. The van der Waals surface area contributed by atoms with Gasteiger partial charge in [0.25, 0.3) is 23.3 Å². The second kappa shape index (κ2) is 30.2. The average Bonchev–Trinajstić information content (AvgIpc) is 1.60. The van der Waals surface area contributed by atoms with Crippen LogP contribution in [0.1, 0.15) is 87.5 Å². The van der Waals surface area contributed by atoms with Gasteiger partial charge in [0.2, 0.25) is 29.6 Å². The highest BCUT2D eigenvalue weighted by molar-refractivity contribution is 8.76. The first-order chi connectivity index (χ1) is 46.5. The standard InChI is InChI=1S/C64H64N16O15S2/c1-2-30-28-80(48-24-49(81)38-5-3-4-6-39(38)53(30)48)61(91)46-22-33-20-36(12-14-42(33)74-46)72-58(88)44-21-32-19-35(11-13-41(32)73-44)70-51(83)17-18-96-97-29-47(63(94)95)77-59(89)45(23-52(84)85)76-57(87)40(65)27-68-50(82)16-15-43(62(92)93)75-56(86)31-7-9-34(10-8-31)67-25-37-26-69-55-54(71-37)60(90)79-64(66)78-55/h3-14,19-22,24,26,30,40,43,45,47,67,73-74,81H,2,15-18,23,25,27-29,65H2,1H3,(H,68,82)(H,70,83)(H,72,88)(H,75,86)(H,76,87)(H,77,89)(H,84,85)(H,92,93)(H,94,95)(H3,66,69,78,79,90). The van der Waals surface area contributed by atoms with Crippen LogP contribution in [-0.4, -0.2) is 158 Å². The number of aliphatic carboxylic acids is 3. The van der Waals surface area contributed by atoms with Crippen LogP contribution >= 0.6 is 21.6 Å². The fourth-order valence-electron chi connectivity index (χ4n) is 10.8. The van der Waals surface area contributed by atoms with Crippen molar-refractivity contribution in [2.24, 2.45) is 5.73 Å². The van der Waals surface area contributed by atoms with Gasteiger partial charge < -0.3 is 84.0 Å². The molecule has 1 aliphatic heterocycles. The third kappa shape index (κ3) is 16.7. The van der Waals surface area contributed by atoms with Crippen LogP contribution in [0.3, 0.4) is 0 Å². The number of carboxylic acids is 3. The number of hydrogen-bond acceptors (Lipinski definition) is 20. The number of nitrogens with two attached hydrogens (primary N) is 2. The summed E-state index contributed by atoms with van der Waals surface area (Å²) in [7, 11) is 2.12. The van der Waals surface area contributed by atoms with E-state index in [2.05, 4.69) is 74.0 Å². The van der Waals surface area contributed by atoms with Crippen molar-refractivity contribution < 1.29 is 68.4 Å². The Hall–Kier alpha value is -11.6. The molecule has 10 rings (SSSR count). The number of amides is 7. The summed E-state index contributed by atoms with van der Waals surface area (Å²) in [6, 6.07) is 22.3. The van der Waals surface area contributed by atoms with Crippen molar-refractivity contribution in [2.75, 3.05) is 51.2 Å². The van der Waals surface area contributed by atoms with E-state index in [-0.39, 0.29) is 76.3 Å². The largest absolute Gasteiger partial charge is 0.507 e. The van der Waals surface area contributed by atoms with E-state index in [0.29, 0.717) is 62.5 Å². The number of fused-ring (bicyclic) bond motifs is 6. The van der Waals surface area contributed by atoms with Gasteiger partial charge in [0.1, 0.15) is 41.3 Å². The lowest BCUT2D eigenvalue weighted by molar-refractivity contribution is -0.143. The molecule has 0 saturated carbocycles. The van der Waals surface area contributed by atoms with Crippen molar-refractivity contribution in [3.63, 3.8) is 0 Å². The number of carbonyl (C=O) groups is 10. The number of carboxylic acid groups (broad SMARTS) is 3. The maximum absolute atomic E-state index is 14.1. The van der Waals surface area contributed by atoms with E-state index >= 15 is 0 Å². The minimum atomic E-state index is -1.82. The number of hydrogen-bond donors (Lipinski definition) is 16. The van der Waals surface area contributed by atoms with Gasteiger partial charge in [0.05, 0.1) is 30.5 Å². The van der Waals surface area contributed by atoms with E-state index in [1.165, 1.54) is 30.5 Å². The first-order valence-electron chi connectivity index (χ1n) is 30.1. The highest BCUT2D eigenvalue weighted by Gasteiger charge is 2.36. The van der Waals surface area contributed by atoms with Gasteiger partial charge in [-0.1, -0.05) is 52.8 Å². The van der Waals surface area contributed by atoms with Crippen LogP contribution in [-0.2, 0) is 40.1 Å². The molecular weight excluding hydrogens is 1300 g/mol. The fraction of sp³-hybridized carbons (Fsp3) is 0.250. The fourth-order valence-corrected chi connectivity index (χ4v) is 12.9. The third-order valence-corrected chi connectivity index (χ3v) is 18.1. The van der Waals surface area contributed by atoms with Gasteiger partial charge in [-0.15, -0.1) is 0 Å². The molecule has 0 saturated heterocycles. The van der Waals surface area contributed by atoms with Crippen molar-refractivity contribution in [1.82, 2.24) is 51.2 Å². The molecule has 9 aromatic rings. The van der Waals surface area contributed by atoms with Crippen molar-refractivity contribution in [3.05, 3.63) is 148 Å². The molecule has 33 heteroatoms. The number of aromatic nitrogens is 6. The number of nitrogens with one attached hydrogen (secondary N) is 10. The molecule has 97 heavy (non-hydrogen) atoms. The molecule has 0 radical (unpaired) electrons. The average molecular weight is 1360 g/mol. The summed E-state index contributed by atoms with van der Waals surface area (Å²) in [5.74, 6) is -9.35. The number of H-pyrrole nitrogens is 3. The molecule has 18 N–H and O–H groups in total. The van der Waals surface area contributed by atoms with E-state index in [0.717, 1.165) is 44.3 Å². The second-order valence-corrected chi connectivity index (χ2v) is 25.1. The molecule has 5 heterocycles. The quantitative estimate of drug-likeness (QED) is 0.0227. The molecule has 4 aromatic heterocycles. The van der Waals surface area contributed by atoms with Gasteiger partial charge in [-0.05, 0) is 96.6 Å². The maximum Gasteiger partial charge on any atom is 0.327 e. The number of carbonyl (C=O) groups excluding carboxylic acids is 7. The van der Waals surface area contributed by atoms with Crippen molar-refractivity contribution in [2.45, 2.75) is 75.7 Å². The highest BCUT2D eigenvalue weighted by atomic mass is 33.1. The van der Waals surface area contributed by atoms with Crippen LogP contribution in [0.25, 0.3) is 43.7 Å². The van der Waals surface area contributed by atoms with Gasteiger partial charge in [-0.2, -0.15) is 4.98 Å². The minimum Gasteiger partial charge on any atom is -0.507 e. The van der Waals surface area contributed by atoms with Gasteiger partial charge >= 0.3 is 17.9 Å². The minimum absolute atomic E-state index is 0.00949. The lowest BCUT2D eigenvalue weighted by Gasteiger charge is -2.22. The second-order valence-electron chi connectivity index (χ2n) is 22.5. The van der Waals surface area contributed by atoms with Crippen LogP contribution in [0.15, 0.2) is 114 Å². The van der Waals surface area contributed by atoms with Crippen molar-refractivity contribution in [3.8, 4) is 5.75 Å². The highest BCUT2D eigenvalue weighted by Crippen LogP contribution is 2.46. The summed E-state index contributed by atoms with van der Waals surface area (Å²) in [4.78, 5) is 163. The van der Waals surface area contributed by atoms with Crippen LogP contribution in [0, 0.1) is 0 Å². The number of phenolic OH excluding ortho intramolecular Hbond substituents is 1. The predicted octanol–water partition coefficient (Wildman–Crippen LogP) is 4.48. The maximum atomic E-state index is 14.1. The molecule has 1 aliphatic rings. The molecule has 31 nitrogen and oxygen atoms in total. The summed E-state index contributed by atoms with van der Waals surface area (Å²) in [6.45, 7) is 2.10. The SMILES string of the molecule is CCC1CN(C(=O)c2cc3cc(NC(=O)c4cc5cc(NC(=O)CCSSCC(NC(=O)C(CC(=O)O)NC(=O)C(N)CNC(=O)CCC(NC(=O)c6ccc(NCc7cnc8nc(N)[nH]c(=O)c8n7)cc6)C(=O)O)C(=O)O)ccc5[nH]4)ccc3[nH]2)c2cc(O)c3ccccc3c21. The molecule has 0 spiro atoms. The zero-order valence-electron chi connectivity index (χ0n) is 51.4. The van der Waals surface area contributed by atoms with Crippen molar-refractivity contribution in [1.29, 1.82) is 0 Å². The predicted molar refractivity (Wildman–Crippen MR) is 362 cm³/mol. The Morgan fingerprint density at radius 3 is 2.05 bits per heavy atom. The van der Waals surface area contributed by atoms with E-state index in [9.17, 15) is 73.2 Å². The summed E-state index contributed by atoms with van der Waals surface area (Å²) in [5.41, 5.74) is 16.5. The van der Waals surface area contributed by atoms with Gasteiger partial charge in [-0.25, -0.2) is 19.6 Å². The molecule has 0 fully saturated rings. The molecule has 7 amide bonds. The zero-order chi connectivity index (χ0) is 69.2. The Kier molecular flexibility index (Phi) is 21.3. The lowest BCUT2D eigenvalue weighted by atomic mass is 9.93. The monoisotopic (exact) mass is 1360 g/mol. The van der Waals surface area contributed by atoms with E-state index in [1.54, 1.807) is 59.5 Å². The number of anilines is 5. The third-order valence-electron chi connectivity index (χ3n) is 15.7. The molecule has 5 atom stereocenters. The Morgan fingerprint density at radius 1 is 0.701 bits per heavy atom. The Bertz CT molecular complexity index is 4660. The number of phenols is 1. The Balaban J connectivity index is 0.627. The molecule has 0 aliphatic carbocycles. The van der Waals surface area contributed by atoms with Crippen LogP contribution < -0.4 is 59.1 Å². The Morgan fingerprint density at radius 2 is 1.36 bits per heavy atom. The Labute approximate surface area is 556 Å². The van der Waals surface area contributed by atoms with Gasteiger partial charge in [0, 0.05) is 99.2 Å². The lowest BCUT2D eigenvalue weighted by Crippen LogP contribution is -2.57. The van der Waals surface area contributed by atoms with Crippen molar-refractivity contribution >= 4 is 153 Å². The number of rotatable bonds is 29. The normalized spacial score (nSPS) is 13.8. The number of nitrogen functional groups attached to an aromatic ring is 1.